The molecule has 0 radical (unpaired) electrons. The maximum atomic E-state index is 5.68. The van der Waals surface area contributed by atoms with Crippen LogP contribution >= 0.6 is 0 Å². The van der Waals surface area contributed by atoms with Gasteiger partial charge >= 0.3 is 0 Å². The van der Waals surface area contributed by atoms with Gasteiger partial charge in [0.15, 0.2) is 0 Å². The highest BCUT2D eigenvalue weighted by Gasteiger charge is 1.94. The van der Waals surface area contributed by atoms with Crippen LogP contribution < -0.4 is 11.6 Å². The number of hydrogen-bond acceptors (Lipinski definition) is 3. The lowest BCUT2D eigenvalue weighted by Crippen LogP contribution is -2.25. The van der Waals surface area contributed by atoms with E-state index < -0.39 is 0 Å². The van der Waals surface area contributed by atoms with Crippen LogP contribution in [0, 0.1) is 0 Å². The smallest absolute Gasteiger partial charge is 0.0586 e. The van der Waals surface area contributed by atoms with E-state index in [4.69, 9.17) is 11.6 Å². The third-order valence-corrected chi connectivity index (χ3v) is 1.58. The second kappa shape index (κ2) is 7.88. The summed E-state index contributed by atoms with van der Waals surface area (Å²) >= 11 is 0. The Labute approximate surface area is 92.3 Å². The molecule has 1 aromatic rings. The zero-order valence-corrected chi connectivity index (χ0v) is 9.77. The first-order chi connectivity index (χ1) is 7.18. The van der Waals surface area contributed by atoms with Crippen molar-refractivity contribution in [1.29, 1.82) is 0 Å². The first-order valence-corrected chi connectivity index (χ1v) is 5.17. The average molecular weight is 207 g/mol. The van der Waals surface area contributed by atoms with Gasteiger partial charge < -0.3 is 10.7 Å². The molecule has 0 aromatic heterocycles. The highest BCUT2D eigenvalue weighted by molar-refractivity contribution is 5.14. The van der Waals surface area contributed by atoms with Gasteiger partial charge in [0.05, 0.1) is 6.54 Å². The standard InChI is InChI=1S/C10H15N3.C2H6/c1-9(11)7-13(12)8-10-5-3-2-4-6-10;1-2/h2-7H,8,11-12H2,1H3;1-2H3/b9-7-;. The molecular weight excluding hydrogens is 186 g/mol. The fraction of sp³-hybridized carbons (Fsp3) is 0.333. The van der Waals surface area contributed by atoms with Crippen molar-refractivity contribution in [2.45, 2.75) is 27.3 Å². The SMILES string of the molecule is C/C(N)=C/N(N)Cc1ccccc1.CC. The van der Waals surface area contributed by atoms with Crippen LogP contribution in [0.25, 0.3) is 0 Å². The Morgan fingerprint density at radius 3 is 2.27 bits per heavy atom. The number of hydrogen-bond donors (Lipinski definition) is 2. The lowest BCUT2D eigenvalue weighted by atomic mass is 10.2. The minimum atomic E-state index is 0.676. The average Bonchev–Trinajstić information content (AvgIpc) is 2.21. The van der Waals surface area contributed by atoms with Crippen molar-refractivity contribution in [3.63, 3.8) is 0 Å². The number of benzene rings is 1. The first-order valence-electron chi connectivity index (χ1n) is 5.17. The third kappa shape index (κ3) is 6.57. The van der Waals surface area contributed by atoms with Crippen molar-refractivity contribution < 1.29 is 0 Å². The van der Waals surface area contributed by atoms with Crippen molar-refractivity contribution in [3.05, 3.63) is 47.8 Å². The van der Waals surface area contributed by atoms with E-state index >= 15 is 0 Å². The number of hydrazine groups is 1. The molecule has 0 saturated heterocycles. The molecule has 0 unspecified atom stereocenters. The van der Waals surface area contributed by atoms with Crippen LogP contribution in [-0.4, -0.2) is 5.01 Å². The Morgan fingerprint density at radius 2 is 1.80 bits per heavy atom. The largest absolute Gasteiger partial charge is 0.401 e. The monoisotopic (exact) mass is 207 g/mol. The molecule has 84 valence electrons. The lowest BCUT2D eigenvalue weighted by Gasteiger charge is -2.13. The Morgan fingerprint density at radius 1 is 1.27 bits per heavy atom. The van der Waals surface area contributed by atoms with Crippen LogP contribution in [0.4, 0.5) is 0 Å². The summed E-state index contributed by atoms with van der Waals surface area (Å²) in [5.41, 5.74) is 7.36. The van der Waals surface area contributed by atoms with Crippen LogP contribution in [0.1, 0.15) is 26.3 Å². The van der Waals surface area contributed by atoms with Gasteiger partial charge in [-0.05, 0) is 12.5 Å². The number of allylic oxidation sites excluding steroid dienone is 1. The molecule has 0 spiro atoms. The predicted octanol–water partition coefficient (Wildman–Crippen LogP) is 2.21. The number of nitrogens with two attached hydrogens (primary N) is 2. The van der Waals surface area contributed by atoms with Crippen LogP contribution in [0.15, 0.2) is 42.2 Å². The van der Waals surface area contributed by atoms with Gasteiger partial charge in [0.1, 0.15) is 0 Å². The minimum Gasteiger partial charge on any atom is -0.401 e. The van der Waals surface area contributed by atoms with Crippen molar-refractivity contribution in [1.82, 2.24) is 5.01 Å². The second-order valence-corrected chi connectivity index (χ2v) is 3.03. The second-order valence-electron chi connectivity index (χ2n) is 3.03. The van der Waals surface area contributed by atoms with E-state index in [1.165, 1.54) is 5.56 Å². The van der Waals surface area contributed by atoms with Crippen LogP contribution in [0.5, 0.6) is 0 Å². The highest BCUT2D eigenvalue weighted by atomic mass is 15.4. The molecule has 0 bridgehead atoms. The van der Waals surface area contributed by atoms with E-state index in [1.807, 2.05) is 51.1 Å². The summed E-state index contributed by atoms with van der Waals surface area (Å²) in [5.74, 6) is 5.68. The molecule has 0 saturated carbocycles. The van der Waals surface area contributed by atoms with E-state index in [2.05, 4.69) is 0 Å². The number of rotatable bonds is 3. The van der Waals surface area contributed by atoms with Gasteiger partial charge in [-0.2, -0.15) is 0 Å². The zero-order valence-electron chi connectivity index (χ0n) is 9.77. The van der Waals surface area contributed by atoms with Crippen molar-refractivity contribution in [2.75, 3.05) is 0 Å². The van der Waals surface area contributed by atoms with Crippen molar-refractivity contribution in [3.8, 4) is 0 Å². The molecular formula is C12H21N3. The Hall–Kier alpha value is -1.48. The summed E-state index contributed by atoms with van der Waals surface area (Å²) in [7, 11) is 0. The van der Waals surface area contributed by atoms with Gasteiger partial charge in [-0.1, -0.05) is 44.2 Å². The Balaban J connectivity index is 0.000000921. The molecule has 0 aliphatic rings. The van der Waals surface area contributed by atoms with Crippen molar-refractivity contribution >= 4 is 0 Å². The third-order valence-electron chi connectivity index (χ3n) is 1.58. The van der Waals surface area contributed by atoms with Crippen LogP contribution in [-0.2, 0) is 6.54 Å². The van der Waals surface area contributed by atoms with Gasteiger partial charge in [0.2, 0.25) is 0 Å². The molecule has 0 aliphatic carbocycles. The summed E-state index contributed by atoms with van der Waals surface area (Å²) < 4.78 is 0. The van der Waals surface area contributed by atoms with Gasteiger partial charge in [0.25, 0.3) is 0 Å². The van der Waals surface area contributed by atoms with E-state index in [1.54, 1.807) is 11.2 Å². The molecule has 3 nitrogen and oxygen atoms in total. The molecule has 15 heavy (non-hydrogen) atoms. The van der Waals surface area contributed by atoms with Crippen molar-refractivity contribution in [2.24, 2.45) is 11.6 Å². The van der Waals surface area contributed by atoms with Gasteiger partial charge in [-0.15, -0.1) is 0 Å². The van der Waals surface area contributed by atoms with E-state index in [0.29, 0.717) is 12.2 Å². The molecule has 1 aromatic carbocycles. The maximum Gasteiger partial charge on any atom is 0.0586 e. The summed E-state index contributed by atoms with van der Waals surface area (Å²) in [6.45, 7) is 6.49. The molecule has 0 aliphatic heterocycles. The van der Waals surface area contributed by atoms with Gasteiger partial charge in [-0.3, -0.25) is 0 Å². The maximum absolute atomic E-state index is 5.68. The van der Waals surface area contributed by atoms with E-state index in [-0.39, 0.29) is 0 Å². The minimum absolute atomic E-state index is 0.676. The first kappa shape index (κ1) is 13.5. The quantitative estimate of drug-likeness (QED) is 0.590. The Bertz CT molecular complexity index is 276. The summed E-state index contributed by atoms with van der Waals surface area (Å²) in [6, 6.07) is 10.0. The number of nitrogens with zero attached hydrogens (tertiary/aromatic N) is 1. The van der Waals surface area contributed by atoms with E-state index in [9.17, 15) is 0 Å². The van der Waals surface area contributed by atoms with Gasteiger partial charge in [-0.25, -0.2) is 5.84 Å². The predicted molar refractivity (Wildman–Crippen MR) is 65.5 cm³/mol. The highest BCUT2D eigenvalue weighted by Crippen LogP contribution is 2.01. The van der Waals surface area contributed by atoms with Crippen LogP contribution in [0.2, 0.25) is 0 Å². The fourth-order valence-electron chi connectivity index (χ4n) is 1.10. The molecule has 0 amide bonds. The lowest BCUT2D eigenvalue weighted by molar-refractivity contribution is 0.383. The summed E-state index contributed by atoms with van der Waals surface area (Å²) in [6.07, 6.45) is 1.72. The fourth-order valence-corrected chi connectivity index (χ4v) is 1.10. The normalized spacial score (nSPS) is 10.3. The molecule has 0 atom stereocenters. The van der Waals surface area contributed by atoms with Gasteiger partial charge in [0, 0.05) is 11.9 Å². The summed E-state index contributed by atoms with van der Waals surface area (Å²) in [5, 5.41) is 1.57. The summed E-state index contributed by atoms with van der Waals surface area (Å²) in [4.78, 5) is 0. The van der Waals surface area contributed by atoms with E-state index in [0.717, 1.165) is 0 Å². The molecule has 0 fully saturated rings. The topological polar surface area (TPSA) is 55.3 Å². The molecule has 4 N–H and O–H groups in total. The molecule has 1 rings (SSSR count). The van der Waals surface area contributed by atoms with Crippen LogP contribution in [0.3, 0.4) is 0 Å². The molecule has 3 heteroatoms. The Kier molecular flexibility index (Phi) is 7.10. The zero-order chi connectivity index (χ0) is 11.7. The molecule has 0 heterocycles.